The van der Waals surface area contributed by atoms with E-state index in [1.165, 1.54) is 38.4 Å². The molecule has 7 nitrogen and oxygen atoms in total. The molecule has 2 aromatic rings. The first-order valence-electron chi connectivity index (χ1n) is 8.69. The van der Waals surface area contributed by atoms with Gasteiger partial charge < -0.3 is 20.1 Å². The van der Waals surface area contributed by atoms with Crippen LogP contribution in [0.25, 0.3) is 0 Å². The van der Waals surface area contributed by atoms with Crippen molar-refractivity contribution in [2.24, 2.45) is 4.99 Å². The topological polar surface area (TPSA) is 89.0 Å². The van der Waals surface area contributed by atoms with E-state index in [1.54, 1.807) is 24.3 Å². The van der Waals surface area contributed by atoms with Crippen LogP contribution >= 0.6 is 0 Å². The maximum Gasteiger partial charge on any atom is 0.387 e. The van der Waals surface area contributed by atoms with E-state index in [-0.39, 0.29) is 29.5 Å². The number of rotatable bonds is 9. The maximum absolute atomic E-state index is 12.6. The number of ether oxygens (including phenoxy) is 2. The molecule has 0 aliphatic heterocycles. The molecule has 0 aromatic heterocycles. The van der Waals surface area contributed by atoms with E-state index in [0.29, 0.717) is 17.3 Å². The van der Waals surface area contributed by atoms with Gasteiger partial charge in [-0.05, 0) is 30.3 Å². The number of guanidine groups is 1. The molecule has 0 radical (unpaired) electrons. The molecule has 0 spiro atoms. The number of hydrogen-bond acceptors (Lipinski definition) is 5. The molecule has 0 amide bonds. The number of sulfone groups is 1. The molecule has 0 heterocycles. The second-order valence-corrected chi connectivity index (χ2v) is 7.95. The van der Waals surface area contributed by atoms with E-state index >= 15 is 0 Å². The first-order valence-corrected chi connectivity index (χ1v) is 10.3. The van der Waals surface area contributed by atoms with Crippen molar-refractivity contribution >= 4 is 15.8 Å². The van der Waals surface area contributed by atoms with E-state index < -0.39 is 16.4 Å². The molecular weight excluding hydrogens is 404 g/mol. The summed E-state index contributed by atoms with van der Waals surface area (Å²) in [5.74, 6) is 0.686. The molecule has 2 aromatic carbocycles. The van der Waals surface area contributed by atoms with E-state index in [4.69, 9.17) is 4.74 Å². The van der Waals surface area contributed by atoms with Gasteiger partial charge in [0.2, 0.25) is 0 Å². The van der Waals surface area contributed by atoms with Crippen molar-refractivity contribution in [2.75, 3.05) is 26.5 Å². The number of nitrogens with zero attached hydrogens (tertiary/aromatic N) is 1. The van der Waals surface area contributed by atoms with Crippen LogP contribution in [0.15, 0.2) is 58.4 Å². The standard InChI is InChI=1S/C19H23F2N3O4S/c1-22-19(23-10-11-29(25,26)16-6-4-3-5-7-16)24-13-14-12-15(27-2)8-9-17(14)28-18(20)21/h3-9,12,18H,10-11,13H2,1-2H3,(H2,22,23,24). The molecule has 0 aliphatic rings. The second-order valence-electron chi connectivity index (χ2n) is 5.84. The van der Waals surface area contributed by atoms with E-state index in [2.05, 4.69) is 20.4 Å². The Morgan fingerprint density at radius 1 is 1.14 bits per heavy atom. The fraction of sp³-hybridized carbons (Fsp3) is 0.316. The monoisotopic (exact) mass is 427 g/mol. The highest BCUT2D eigenvalue weighted by Crippen LogP contribution is 2.25. The highest BCUT2D eigenvalue weighted by Gasteiger charge is 2.14. The summed E-state index contributed by atoms with van der Waals surface area (Å²) in [6.07, 6.45) is 0. The summed E-state index contributed by atoms with van der Waals surface area (Å²) >= 11 is 0. The Hall–Kier alpha value is -2.88. The second kappa shape index (κ2) is 10.6. The van der Waals surface area contributed by atoms with Gasteiger partial charge in [-0.3, -0.25) is 4.99 Å². The SMILES string of the molecule is CN=C(NCCS(=O)(=O)c1ccccc1)NCc1cc(OC)ccc1OC(F)F. The van der Waals surface area contributed by atoms with Crippen molar-refractivity contribution in [3.63, 3.8) is 0 Å². The summed E-state index contributed by atoms with van der Waals surface area (Å²) in [5, 5.41) is 5.83. The molecule has 0 atom stereocenters. The molecule has 0 unspecified atom stereocenters. The summed E-state index contributed by atoms with van der Waals surface area (Å²) in [6.45, 7) is -2.72. The van der Waals surface area contributed by atoms with E-state index in [0.717, 1.165) is 0 Å². The minimum atomic E-state index is -3.43. The predicted molar refractivity (Wildman–Crippen MR) is 106 cm³/mol. The Kier molecular flexibility index (Phi) is 8.20. The summed E-state index contributed by atoms with van der Waals surface area (Å²) in [7, 11) is -0.442. The van der Waals surface area contributed by atoms with Crippen LogP contribution in [0, 0.1) is 0 Å². The molecule has 2 N–H and O–H groups in total. The summed E-state index contributed by atoms with van der Waals surface area (Å²) < 4.78 is 59.4. The van der Waals surface area contributed by atoms with Gasteiger partial charge in [-0.2, -0.15) is 8.78 Å². The van der Waals surface area contributed by atoms with E-state index in [1.807, 2.05) is 0 Å². The highest BCUT2D eigenvalue weighted by atomic mass is 32.2. The maximum atomic E-state index is 12.6. The normalized spacial score (nSPS) is 12.0. The first kappa shape index (κ1) is 22.4. The van der Waals surface area contributed by atoms with Crippen molar-refractivity contribution in [1.82, 2.24) is 10.6 Å². The average Bonchev–Trinajstić information content (AvgIpc) is 2.71. The molecule has 0 aliphatic carbocycles. The third kappa shape index (κ3) is 6.90. The molecule has 158 valence electrons. The van der Waals surface area contributed by atoms with Crippen LogP contribution in [0.3, 0.4) is 0 Å². The minimum absolute atomic E-state index is 0.00964. The Morgan fingerprint density at radius 2 is 1.86 bits per heavy atom. The lowest BCUT2D eigenvalue weighted by Gasteiger charge is -2.15. The largest absolute Gasteiger partial charge is 0.497 e. The smallest absolute Gasteiger partial charge is 0.387 e. The van der Waals surface area contributed by atoms with Crippen LogP contribution in [0.5, 0.6) is 11.5 Å². The number of benzene rings is 2. The highest BCUT2D eigenvalue weighted by molar-refractivity contribution is 7.91. The third-order valence-corrected chi connectivity index (χ3v) is 5.65. The molecule has 0 saturated carbocycles. The van der Waals surface area contributed by atoms with Gasteiger partial charge in [0.1, 0.15) is 11.5 Å². The Balaban J connectivity index is 1.96. The predicted octanol–water partition coefficient (Wildman–Crippen LogP) is 2.44. The number of nitrogens with one attached hydrogen (secondary N) is 2. The lowest BCUT2D eigenvalue weighted by Crippen LogP contribution is -2.39. The third-order valence-electron chi connectivity index (χ3n) is 3.92. The molecule has 29 heavy (non-hydrogen) atoms. The van der Waals surface area contributed by atoms with Gasteiger partial charge in [0.05, 0.1) is 17.8 Å². The Labute approximate surface area is 168 Å². The van der Waals surface area contributed by atoms with Crippen molar-refractivity contribution in [2.45, 2.75) is 18.1 Å². The molecule has 10 heteroatoms. The van der Waals surface area contributed by atoms with Gasteiger partial charge in [-0.25, -0.2) is 8.42 Å². The average molecular weight is 427 g/mol. The van der Waals surface area contributed by atoms with Crippen molar-refractivity contribution in [3.05, 3.63) is 54.1 Å². The van der Waals surface area contributed by atoms with Crippen LogP contribution in [0.4, 0.5) is 8.78 Å². The number of methoxy groups -OCH3 is 1. The van der Waals surface area contributed by atoms with Crippen LogP contribution in [-0.4, -0.2) is 47.4 Å². The van der Waals surface area contributed by atoms with E-state index in [9.17, 15) is 17.2 Å². The molecule has 0 saturated heterocycles. The zero-order chi connectivity index (χ0) is 21.3. The van der Waals surface area contributed by atoms with Gasteiger partial charge in [0.15, 0.2) is 15.8 Å². The fourth-order valence-corrected chi connectivity index (χ4v) is 3.66. The number of hydrogen-bond donors (Lipinski definition) is 2. The van der Waals surface area contributed by atoms with Crippen molar-refractivity contribution < 1.29 is 26.7 Å². The number of alkyl halides is 2. The fourth-order valence-electron chi connectivity index (χ4n) is 2.48. The number of aliphatic imine (C=N–C) groups is 1. The Bertz CT molecular complexity index is 922. The van der Waals surface area contributed by atoms with Gasteiger partial charge >= 0.3 is 6.61 Å². The summed E-state index contributed by atoms with van der Waals surface area (Å²) in [6, 6.07) is 12.6. The number of halogens is 2. The van der Waals surface area contributed by atoms with Crippen LogP contribution in [0.1, 0.15) is 5.56 Å². The van der Waals surface area contributed by atoms with Crippen LogP contribution < -0.4 is 20.1 Å². The van der Waals surface area contributed by atoms with Crippen LogP contribution in [-0.2, 0) is 16.4 Å². The van der Waals surface area contributed by atoms with Crippen LogP contribution in [0.2, 0.25) is 0 Å². The minimum Gasteiger partial charge on any atom is -0.497 e. The lowest BCUT2D eigenvalue weighted by atomic mass is 10.2. The van der Waals surface area contributed by atoms with Gasteiger partial charge in [0, 0.05) is 25.7 Å². The zero-order valence-electron chi connectivity index (χ0n) is 16.1. The lowest BCUT2D eigenvalue weighted by molar-refractivity contribution is -0.0505. The molecule has 2 rings (SSSR count). The quantitative estimate of drug-likeness (QED) is 0.472. The molecule has 0 bridgehead atoms. The van der Waals surface area contributed by atoms with Gasteiger partial charge in [-0.15, -0.1) is 0 Å². The Morgan fingerprint density at radius 3 is 2.48 bits per heavy atom. The van der Waals surface area contributed by atoms with Crippen molar-refractivity contribution in [1.29, 1.82) is 0 Å². The van der Waals surface area contributed by atoms with Gasteiger partial charge in [-0.1, -0.05) is 18.2 Å². The summed E-state index contributed by atoms with van der Waals surface area (Å²) in [5.41, 5.74) is 0.435. The first-order chi connectivity index (χ1) is 13.9. The molecule has 0 fully saturated rings. The zero-order valence-corrected chi connectivity index (χ0v) is 16.9. The van der Waals surface area contributed by atoms with Crippen molar-refractivity contribution in [3.8, 4) is 11.5 Å². The molecular formula is C19H23F2N3O4S. The van der Waals surface area contributed by atoms with Gasteiger partial charge in [0.25, 0.3) is 0 Å². The summed E-state index contributed by atoms with van der Waals surface area (Å²) in [4.78, 5) is 4.25.